The molecule has 1 unspecified atom stereocenters. The topological polar surface area (TPSA) is 65.7 Å². The Morgan fingerprint density at radius 3 is 2.44 bits per heavy atom. The molecular formula is C20H35N5O2. The van der Waals surface area contributed by atoms with E-state index in [0.717, 1.165) is 83.1 Å². The number of hydrogen-bond acceptors (Lipinski definition) is 6. The van der Waals surface area contributed by atoms with Crippen LogP contribution in [0.5, 0.6) is 0 Å². The maximum atomic E-state index is 12.6. The third-order valence-corrected chi connectivity index (χ3v) is 5.87. The molecule has 2 aliphatic heterocycles. The molecule has 1 atom stereocenters. The summed E-state index contributed by atoms with van der Waals surface area (Å²) >= 11 is 0. The lowest BCUT2D eigenvalue weighted by molar-refractivity contribution is -0.132. The highest BCUT2D eigenvalue weighted by Gasteiger charge is 2.27. The Kier molecular flexibility index (Phi) is 7.64. The quantitative estimate of drug-likeness (QED) is 0.727. The molecule has 2 saturated heterocycles. The summed E-state index contributed by atoms with van der Waals surface area (Å²) in [5.41, 5.74) is 0. The summed E-state index contributed by atoms with van der Waals surface area (Å²) in [5.74, 6) is 1.84. The van der Waals surface area contributed by atoms with Crippen LogP contribution in [-0.2, 0) is 11.2 Å². The zero-order valence-corrected chi connectivity index (χ0v) is 17.0. The van der Waals surface area contributed by atoms with Gasteiger partial charge in [-0.25, -0.2) is 0 Å². The molecule has 0 aromatic carbocycles. The van der Waals surface area contributed by atoms with Crippen molar-refractivity contribution < 1.29 is 9.32 Å². The summed E-state index contributed by atoms with van der Waals surface area (Å²) in [6, 6.07) is 0.135. The third kappa shape index (κ3) is 5.75. The SMILES string of the molecule is CCCCc1noc(C(C)N2CCN(CC(=O)N3CCCCCC3)CC2)n1. The van der Waals surface area contributed by atoms with Gasteiger partial charge in [-0.1, -0.05) is 31.3 Å². The molecule has 1 aromatic rings. The fourth-order valence-corrected chi connectivity index (χ4v) is 3.95. The first-order chi connectivity index (χ1) is 13.2. The Morgan fingerprint density at radius 1 is 1.07 bits per heavy atom. The zero-order chi connectivity index (χ0) is 19.1. The van der Waals surface area contributed by atoms with Crippen molar-refractivity contribution in [2.75, 3.05) is 45.8 Å². The van der Waals surface area contributed by atoms with Crippen molar-refractivity contribution in [3.05, 3.63) is 11.7 Å². The van der Waals surface area contributed by atoms with Gasteiger partial charge in [0.15, 0.2) is 5.82 Å². The van der Waals surface area contributed by atoms with Crippen LogP contribution in [-0.4, -0.2) is 76.6 Å². The Hall–Kier alpha value is -1.47. The van der Waals surface area contributed by atoms with Gasteiger partial charge in [-0.15, -0.1) is 0 Å². The van der Waals surface area contributed by atoms with Crippen molar-refractivity contribution in [3.8, 4) is 0 Å². The van der Waals surface area contributed by atoms with E-state index in [4.69, 9.17) is 4.52 Å². The molecule has 7 nitrogen and oxygen atoms in total. The van der Waals surface area contributed by atoms with Gasteiger partial charge >= 0.3 is 0 Å². The summed E-state index contributed by atoms with van der Waals surface area (Å²) < 4.78 is 5.48. The van der Waals surface area contributed by atoms with E-state index in [2.05, 4.69) is 38.7 Å². The smallest absolute Gasteiger partial charge is 0.243 e. The number of rotatable bonds is 7. The summed E-state index contributed by atoms with van der Waals surface area (Å²) in [6.45, 7) is 10.4. The summed E-state index contributed by atoms with van der Waals surface area (Å²) in [4.78, 5) is 23.9. The molecule has 3 heterocycles. The van der Waals surface area contributed by atoms with E-state index in [0.29, 0.717) is 12.5 Å². The molecule has 0 bridgehead atoms. The normalized spacial score (nSPS) is 21.2. The van der Waals surface area contributed by atoms with Crippen LogP contribution < -0.4 is 0 Å². The molecule has 152 valence electrons. The first-order valence-electron chi connectivity index (χ1n) is 10.7. The zero-order valence-electron chi connectivity index (χ0n) is 17.0. The molecule has 27 heavy (non-hydrogen) atoms. The van der Waals surface area contributed by atoms with Crippen molar-refractivity contribution in [2.45, 2.75) is 64.8 Å². The average Bonchev–Trinajstić information content (AvgIpc) is 2.99. The number of amides is 1. The Balaban J connectivity index is 1.43. The van der Waals surface area contributed by atoms with Gasteiger partial charge < -0.3 is 9.42 Å². The minimum absolute atomic E-state index is 0.135. The molecule has 2 aliphatic rings. The fourth-order valence-electron chi connectivity index (χ4n) is 3.95. The lowest BCUT2D eigenvalue weighted by atomic mass is 10.2. The maximum Gasteiger partial charge on any atom is 0.243 e. The molecule has 3 rings (SSSR count). The van der Waals surface area contributed by atoms with Crippen LogP contribution in [0.2, 0.25) is 0 Å². The summed E-state index contributed by atoms with van der Waals surface area (Å²) in [5, 5.41) is 4.11. The largest absolute Gasteiger partial charge is 0.342 e. The van der Waals surface area contributed by atoms with E-state index < -0.39 is 0 Å². The number of hydrogen-bond donors (Lipinski definition) is 0. The fraction of sp³-hybridized carbons (Fsp3) is 0.850. The van der Waals surface area contributed by atoms with Gasteiger partial charge in [0, 0.05) is 45.7 Å². The second-order valence-electron chi connectivity index (χ2n) is 7.94. The predicted molar refractivity (Wildman–Crippen MR) is 104 cm³/mol. The molecular weight excluding hydrogens is 342 g/mol. The number of unbranched alkanes of at least 4 members (excludes halogenated alkanes) is 1. The second kappa shape index (κ2) is 10.2. The highest BCUT2D eigenvalue weighted by Crippen LogP contribution is 2.20. The first-order valence-corrected chi connectivity index (χ1v) is 10.7. The van der Waals surface area contributed by atoms with Crippen molar-refractivity contribution >= 4 is 5.91 Å². The van der Waals surface area contributed by atoms with Gasteiger partial charge in [0.05, 0.1) is 12.6 Å². The predicted octanol–water partition coefficient (Wildman–Crippen LogP) is 2.49. The van der Waals surface area contributed by atoms with E-state index in [9.17, 15) is 4.79 Å². The number of carbonyl (C=O) groups is 1. The van der Waals surface area contributed by atoms with Crippen LogP contribution in [0.4, 0.5) is 0 Å². The number of likely N-dealkylation sites (tertiary alicyclic amines) is 1. The van der Waals surface area contributed by atoms with Gasteiger partial charge in [0.25, 0.3) is 0 Å². The first kappa shape index (κ1) is 20.3. The summed E-state index contributed by atoms with van der Waals surface area (Å²) in [7, 11) is 0. The minimum atomic E-state index is 0.135. The van der Waals surface area contributed by atoms with Crippen LogP contribution in [0.15, 0.2) is 4.52 Å². The van der Waals surface area contributed by atoms with Gasteiger partial charge in [-0.05, 0) is 26.2 Å². The number of carbonyl (C=O) groups excluding carboxylic acids is 1. The van der Waals surface area contributed by atoms with Crippen LogP contribution in [0.1, 0.15) is 70.1 Å². The van der Waals surface area contributed by atoms with Crippen LogP contribution in [0.3, 0.4) is 0 Å². The van der Waals surface area contributed by atoms with Crippen LogP contribution in [0.25, 0.3) is 0 Å². The number of piperazine rings is 1. The van der Waals surface area contributed by atoms with Crippen LogP contribution >= 0.6 is 0 Å². The van der Waals surface area contributed by atoms with E-state index in [1.165, 1.54) is 12.8 Å². The van der Waals surface area contributed by atoms with Crippen molar-refractivity contribution in [2.24, 2.45) is 0 Å². The van der Waals surface area contributed by atoms with Crippen molar-refractivity contribution in [3.63, 3.8) is 0 Å². The number of nitrogens with zero attached hydrogens (tertiary/aromatic N) is 5. The van der Waals surface area contributed by atoms with Crippen LogP contribution in [0, 0.1) is 0 Å². The molecule has 2 fully saturated rings. The Labute approximate surface area is 163 Å². The molecule has 0 aliphatic carbocycles. The second-order valence-corrected chi connectivity index (χ2v) is 7.94. The lowest BCUT2D eigenvalue weighted by Crippen LogP contribution is -2.50. The molecule has 7 heteroatoms. The minimum Gasteiger partial charge on any atom is -0.342 e. The van der Waals surface area contributed by atoms with E-state index in [1.54, 1.807) is 0 Å². The van der Waals surface area contributed by atoms with Crippen molar-refractivity contribution in [1.82, 2.24) is 24.8 Å². The molecule has 0 N–H and O–H groups in total. The number of aromatic nitrogens is 2. The van der Waals surface area contributed by atoms with E-state index in [1.807, 2.05) is 0 Å². The number of aryl methyl sites for hydroxylation is 1. The van der Waals surface area contributed by atoms with Gasteiger partial charge in [-0.2, -0.15) is 4.98 Å². The van der Waals surface area contributed by atoms with Gasteiger partial charge in [-0.3, -0.25) is 14.6 Å². The Bertz CT molecular complexity index is 575. The summed E-state index contributed by atoms with van der Waals surface area (Å²) in [6.07, 6.45) is 7.95. The monoisotopic (exact) mass is 377 g/mol. The van der Waals surface area contributed by atoms with E-state index >= 15 is 0 Å². The van der Waals surface area contributed by atoms with Gasteiger partial charge in [0.2, 0.25) is 11.8 Å². The maximum absolute atomic E-state index is 12.6. The standard InChI is InChI=1S/C20H35N5O2/c1-3-4-9-18-21-20(27-22-18)17(2)24-14-12-23(13-15-24)16-19(26)25-10-7-5-6-8-11-25/h17H,3-16H2,1-2H3. The van der Waals surface area contributed by atoms with E-state index in [-0.39, 0.29) is 6.04 Å². The average molecular weight is 378 g/mol. The molecule has 0 radical (unpaired) electrons. The molecule has 0 spiro atoms. The molecule has 1 aromatic heterocycles. The Morgan fingerprint density at radius 2 is 1.78 bits per heavy atom. The highest BCUT2D eigenvalue weighted by molar-refractivity contribution is 5.78. The highest BCUT2D eigenvalue weighted by atomic mass is 16.5. The molecule has 1 amide bonds. The molecule has 0 saturated carbocycles. The third-order valence-electron chi connectivity index (χ3n) is 5.87. The van der Waals surface area contributed by atoms with Crippen molar-refractivity contribution in [1.29, 1.82) is 0 Å². The lowest BCUT2D eigenvalue weighted by Gasteiger charge is -2.37. The van der Waals surface area contributed by atoms with Gasteiger partial charge in [0.1, 0.15) is 0 Å².